The Labute approximate surface area is 145 Å². The average Bonchev–Trinajstić information content (AvgIpc) is 2.53. The maximum atomic E-state index is 4.60. The number of hydrogen-bond acceptors (Lipinski definition) is 1. The molecule has 0 aromatic heterocycles. The van der Waals surface area contributed by atoms with Gasteiger partial charge >= 0.3 is 0 Å². The van der Waals surface area contributed by atoms with Crippen molar-refractivity contribution in [2.45, 2.75) is 67.2 Å². The van der Waals surface area contributed by atoms with E-state index in [2.05, 4.69) is 51.4 Å². The SMILES string of the molecule is C/C=C/C=C=C/C=C(CC)/C(=N\C)C(C)CCC(CC)C(C)C. The predicted molar refractivity (Wildman–Crippen MR) is 106 cm³/mol. The van der Waals surface area contributed by atoms with Crippen molar-refractivity contribution in [3.05, 3.63) is 41.7 Å². The van der Waals surface area contributed by atoms with Gasteiger partial charge < -0.3 is 0 Å². The second-order valence-electron chi connectivity index (χ2n) is 6.57. The molecule has 0 aliphatic heterocycles. The largest absolute Gasteiger partial charge is 0.293 e. The molecule has 0 aliphatic rings. The Hall–Kier alpha value is -1.33. The van der Waals surface area contributed by atoms with E-state index in [1.807, 2.05) is 38.3 Å². The summed E-state index contributed by atoms with van der Waals surface area (Å²) >= 11 is 0. The molecule has 2 atom stereocenters. The van der Waals surface area contributed by atoms with Gasteiger partial charge in [-0.05, 0) is 67.7 Å². The molecule has 0 aromatic rings. The standard InChI is InChI=1S/C22H37N/c1-8-11-12-13-14-15-21(10-3)22(23-7)19(6)16-17-20(9-2)18(4)5/h8,11-12,14-15,18-20H,9-10,16-17H2,1-7H3/b11-8+,21-15+,23-22-. The van der Waals surface area contributed by atoms with Gasteiger partial charge in [-0.1, -0.05) is 53.2 Å². The molecular formula is C22H37N. The maximum absolute atomic E-state index is 4.60. The van der Waals surface area contributed by atoms with E-state index in [4.69, 9.17) is 0 Å². The Bertz CT molecular complexity index is 456. The first kappa shape index (κ1) is 21.7. The van der Waals surface area contributed by atoms with E-state index in [1.54, 1.807) is 0 Å². The Morgan fingerprint density at radius 3 is 2.26 bits per heavy atom. The molecule has 0 aromatic carbocycles. The second-order valence-corrected chi connectivity index (χ2v) is 6.57. The van der Waals surface area contributed by atoms with E-state index in [0.717, 1.165) is 18.3 Å². The van der Waals surface area contributed by atoms with E-state index < -0.39 is 0 Å². The molecule has 130 valence electrons. The van der Waals surface area contributed by atoms with Crippen LogP contribution in [0.4, 0.5) is 0 Å². The first-order valence-electron chi connectivity index (χ1n) is 9.21. The summed E-state index contributed by atoms with van der Waals surface area (Å²) in [4.78, 5) is 4.60. The third kappa shape index (κ3) is 8.77. The minimum Gasteiger partial charge on any atom is -0.293 e. The number of hydrogen-bond donors (Lipinski definition) is 0. The first-order chi connectivity index (χ1) is 11.0. The number of nitrogens with zero attached hydrogens (tertiary/aromatic N) is 1. The monoisotopic (exact) mass is 315 g/mol. The molecule has 0 amide bonds. The Balaban J connectivity index is 4.95. The summed E-state index contributed by atoms with van der Waals surface area (Å²) in [6.45, 7) is 13.5. The zero-order valence-electron chi connectivity index (χ0n) is 16.4. The number of allylic oxidation sites excluding steroid dienone is 5. The zero-order chi connectivity index (χ0) is 17.7. The Morgan fingerprint density at radius 2 is 1.78 bits per heavy atom. The summed E-state index contributed by atoms with van der Waals surface area (Å²) < 4.78 is 0. The van der Waals surface area contributed by atoms with Gasteiger partial charge in [0.25, 0.3) is 0 Å². The molecule has 0 bridgehead atoms. The summed E-state index contributed by atoms with van der Waals surface area (Å²) in [5, 5.41) is 0. The van der Waals surface area contributed by atoms with Gasteiger partial charge in [0.1, 0.15) is 0 Å². The van der Waals surface area contributed by atoms with E-state index in [0.29, 0.717) is 5.92 Å². The molecule has 23 heavy (non-hydrogen) atoms. The smallest absolute Gasteiger partial charge is 0.0405 e. The fourth-order valence-electron chi connectivity index (χ4n) is 3.03. The van der Waals surface area contributed by atoms with Crippen molar-refractivity contribution in [2.24, 2.45) is 22.7 Å². The minimum absolute atomic E-state index is 0.520. The van der Waals surface area contributed by atoms with Crippen molar-refractivity contribution in [3.8, 4) is 0 Å². The Kier molecular flexibility index (Phi) is 12.4. The van der Waals surface area contributed by atoms with Crippen LogP contribution in [0.15, 0.2) is 46.7 Å². The molecule has 0 fully saturated rings. The van der Waals surface area contributed by atoms with Gasteiger partial charge in [0.2, 0.25) is 0 Å². The van der Waals surface area contributed by atoms with E-state index in [9.17, 15) is 0 Å². The molecule has 0 N–H and O–H groups in total. The van der Waals surface area contributed by atoms with Crippen LogP contribution in [0.2, 0.25) is 0 Å². The van der Waals surface area contributed by atoms with Gasteiger partial charge in [0.15, 0.2) is 0 Å². The lowest BCUT2D eigenvalue weighted by atomic mass is 9.84. The van der Waals surface area contributed by atoms with Crippen LogP contribution in [0.5, 0.6) is 0 Å². The van der Waals surface area contributed by atoms with Crippen LogP contribution in [0.3, 0.4) is 0 Å². The molecule has 0 spiro atoms. The minimum atomic E-state index is 0.520. The molecule has 0 aliphatic carbocycles. The second kappa shape index (κ2) is 13.1. The summed E-state index contributed by atoms with van der Waals surface area (Å²) in [5.74, 6) is 2.12. The molecule has 2 unspecified atom stereocenters. The highest BCUT2D eigenvalue weighted by Gasteiger charge is 2.17. The van der Waals surface area contributed by atoms with E-state index >= 15 is 0 Å². The summed E-state index contributed by atoms with van der Waals surface area (Å²) in [7, 11) is 1.93. The normalized spacial score (nSPS) is 15.7. The zero-order valence-corrected chi connectivity index (χ0v) is 16.4. The van der Waals surface area contributed by atoms with Gasteiger partial charge in [0, 0.05) is 12.8 Å². The topological polar surface area (TPSA) is 12.4 Å². The molecule has 1 nitrogen and oxygen atoms in total. The predicted octanol–water partition coefficient (Wildman–Crippen LogP) is 6.78. The van der Waals surface area contributed by atoms with Crippen molar-refractivity contribution in [1.29, 1.82) is 0 Å². The third-order valence-corrected chi connectivity index (χ3v) is 4.62. The number of rotatable bonds is 10. The maximum Gasteiger partial charge on any atom is 0.0405 e. The molecule has 1 heteroatoms. The van der Waals surface area contributed by atoms with Gasteiger partial charge in [-0.15, -0.1) is 5.73 Å². The summed E-state index contributed by atoms with van der Waals surface area (Å²) in [6, 6.07) is 0. The average molecular weight is 316 g/mol. The Morgan fingerprint density at radius 1 is 1.09 bits per heavy atom. The van der Waals surface area contributed by atoms with Crippen LogP contribution in [0.25, 0.3) is 0 Å². The molecule has 0 radical (unpaired) electrons. The number of aliphatic imine (C=N–C) groups is 1. The van der Waals surface area contributed by atoms with Crippen molar-refractivity contribution in [3.63, 3.8) is 0 Å². The van der Waals surface area contributed by atoms with Gasteiger partial charge in [-0.25, -0.2) is 0 Å². The fourth-order valence-corrected chi connectivity index (χ4v) is 3.03. The fraction of sp³-hybridized carbons (Fsp3) is 0.636. The lowest BCUT2D eigenvalue weighted by Crippen LogP contribution is -2.17. The summed E-state index contributed by atoms with van der Waals surface area (Å²) in [5.41, 5.74) is 5.77. The molecule has 0 saturated heterocycles. The van der Waals surface area contributed by atoms with Crippen LogP contribution < -0.4 is 0 Å². The van der Waals surface area contributed by atoms with Gasteiger partial charge in [-0.3, -0.25) is 4.99 Å². The molecule has 0 rings (SSSR count). The van der Waals surface area contributed by atoms with Gasteiger partial charge in [-0.2, -0.15) is 0 Å². The lowest BCUT2D eigenvalue weighted by Gasteiger charge is -2.22. The van der Waals surface area contributed by atoms with Crippen LogP contribution >= 0.6 is 0 Å². The van der Waals surface area contributed by atoms with E-state index in [1.165, 1.54) is 30.5 Å². The highest BCUT2D eigenvalue weighted by molar-refractivity contribution is 6.01. The van der Waals surface area contributed by atoms with E-state index in [-0.39, 0.29) is 0 Å². The van der Waals surface area contributed by atoms with Crippen LogP contribution in [-0.2, 0) is 0 Å². The van der Waals surface area contributed by atoms with Crippen molar-refractivity contribution >= 4 is 5.71 Å². The first-order valence-corrected chi connectivity index (χ1v) is 9.21. The lowest BCUT2D eigenvalue weighted by molar-refractivity contribution is 0.331. The van der Waals surface area contributed by atoms with Crippen molar-refractivity contribution in [2.75, 3.05) is 7.05 Å². The quantitative estimate of drug-likeness (QED) is 0.239. The van der Waals surface area contributed by atoms with Gasteiger partial charge in [0.05, 0.1) is 0 Å². The molecular weight excluding hydrogens is 278 g/mol. The highest BCUT2D eigenvalue weighted by atomic mass is 14.7. The van der Waals surface area contributed by atoms with Crippen LogP contribution in [0.1, 0.15) is 67.2 Å². The molecule has 0 heterocycles. The third-order valence-electron chi connectivity index (χ3n) is 4.62. The highest BCUT2D eigenvalue weighted by Crippen LogP contribution is 2.25. The van der Waals surface area contributed by atoms with Crippen molar-refractivity contribution in [1.82, 2.24) is 0 Å². The molecule has 0 saturated carbocycles. The van der Waals surface area contributed by atoms with Crippen LogP contribution in [0, 0.1) is 17.8 Å². The van der Waals surface area contributed by atoms with Crippen LogP contribution in [-0.4, -0.2) is 12.8 Å². The summed E-state index contributed by atoms with van der Waals surface area (Å²) in [6.07, 6.45) is 14.9. The van der Waals surface area contributed by atoms with Crippen molar-refractivity contribution < 1.29 is 0 Å².